The summed E-state index contributed by atoms with van der Waals surface area (Å²) in [6.07, 6.45) is -0.489. The summed E-state index contributed by atoms with van der Waals surface area (Å²) in [4.78, 5) is 22.8. The van der Waals surface area contributed by atoms with Crippen molar-refractivity contribution in [1.82, 2.24) is 9.79 Å². The minimum atomic E-state index is -4.18. The van der Waals surface area contributed by atoms with E-state index in [4.69, 9.17) is 15.1 Å². The second kappa shape index (κ2) is 8.79. The average molecular weight is 374 g/mol. The molecule has 1 aromatic carbocycles. The number of carboxylic acid groups (broad SMARTS) is 1. The number of ether oxygens (including phenoxy) is 1. The first kappa shape index (κ1) is 20.9. The van der Waals surface area contributed by atoms with Crippen LogP contribution in [0.5, 0.6) is 5.75 Å². The Morgan fingerprint density at radius 1 is 1.24 bits per heavy atom. The zero-order chi connectivity index (χ0) is 19.2. The molecule has 0 spiro atoms. The van der Waals surface area contributed by atoms with Crippen LogP contribution in [0.15, 0.2) is 29.2 Å². The lowest BCUT2D eigenvalue weighted by Crippen LogP contribution is -2.52. The summed E-state index contributed by atoms with van der Waals surface area (Å²) >= 11 is 0. The van der Waals surface area contributed by atoms with Gasteiger partial charge in [-0.3, -0.25) is 14.8 Å². The van der Waals surface area contributed by atoms with E-state index in [1.54, 1.807) is 13.8 Å². The van der Waals surface area contributed by atoms with Crippen molar-refractivity contribution in [3.8, 4) is 5.75 Å². The maximum Gasteiger partial charge on any atom is 0.304 e. The van der Waals surface area contributed by atoms with Gasteiger partial charge in [-0.2, -0.15) is 4.31 Å². The van der Waals surface area contributed by atoms with Crippen LogP contribution in [0, 0.1) is 5.92 Å². The number of hydroxylamine groups is 1. The number of aliphatic carboxylic acids is 1. The summed E-state index contributed by atoms with van der Waals surface area (Å²) in [6.45, 7) is 2.77. The standard InChI is InChI=1S/C15H22N2O7S/c1-10(2)14(15(20)16-21)17(9-8-13(18)19)25(22,23)12-6-4-11(24-3)5-7-12/h4-7,10,14,21H,8-9H2,1-3H3,(H,16,20)(H,18,19)/t14-/m1/s1. The molecule has 0 aromatic heterocycles. The first-order valence-electron chi connectivity index (χ1n) is 7.46. The van der Waals surface area contributed by atoms with Crippen LogP contribution >= 0.6 is 0 Å². The summed E-state index contributed by atoms with van der Waals surface area (Å²) in [5, 5.41) is 17.8. The van der Waals surface area contributed by atoms with Crippen molar-refractivity contribution in [2.75, 3.05) is 13.7 Å². The maximum atomic E-state index is 12.9. The van der Waals surface area contributed by atoms with Crippen molar-refractivity contribution in [2.45, 2.75) is 31.2 Å². The quantitative estimate of drug-likeness (QED) is 0.428. The molecule has 0 saturated heterocycles. The van der Waals surface area contributed by atoms with E-state index in [2.05, 4.69) is 0 Å². The van der Waals surface area contributed by atoms with Crippen LogP contribution in [-0.4, -0.2) is 54.6 Å². The van der Waals surface area contributed by atoms with Crippen molar-refractivity contribution < 1.29 is 33.1 Å². The highest BCUT2D eigenvalue weighted by Crippen LogP contribution is 2.24. The van der Waals surface area contributed by atoms with Gasteiger partial charge in [0.05, 0.1) is 18.4 Å². The maximum absolute atomic E-state index is 12.9. The fraction of sp³-hybridized carbons (Fsp3) is 0.467. The Hall–Kier alpha value is -2.17. The first-order valence-corrected chi connectivity index (χ1v) is 8.90. The highest BCUT2D eigenvalue weighted by molar-refractivity contribution is 7.89. The van der Waals surface area contributed by atoms with Crippen LogP contribution in [0.2, 0.25) is 0 Å². The van der Waals surface area contributed by atoms with Crippen LogP contribution in [0.3, 0.4) is 0 Å². The lowest BCUT2D eigenvalue weighted by molar-refractivity contribution is -0.139. The van der Waals surface area contributed by atoms with Crippen LogP contribution < -0.4 is 10.2 Å². The molecule has 0 aliphatic carbocycles. The molecular formula is C15H22N2O7S. The zero-order valence-electron chi connectivity index (χ0n) is 14.2. The SMILES string of the molecule is COc1ccc(S(=O)(=O)N(CCC(=O)O)[C@@H](C(=O)NO)C(C)C)cc1. The van der Waals surface area contributed by atoms with E-state index in [0.29, 0.717) is 5.75 Å². The summed E-state index contributed by atoms with van der Waals surface area (Å²) in [5.41, 5.74) is 1.44. The van der Waals surface area contributed by atoms with Gasteiger partial charge < -0.3 is 9.84 Å². The zero-order valence-corrected chi connectivity index (χ0v) is 15.0. The van der Waals surface area contributed by atoms with Gasteiger partial charge in [0.2, 0.25) is 10.0 Å². The Morgan fingerprint density at radius 2 is 1.80 bits per heavy atom. The van der Waals surface area contributed by atoms with Crippen LogP contribution in [0.4, 0.5) is 0 Å². The van der Waals surface area contributed by atoms with Crippen molar-refractivity contribution in [1.29, 1.82) is 0 Å². The molecule has 0 fully saturated rings. The monoisotopic (exact) mass is 374 g/mol. The predicted molar refractivity (Wildman–Crippen MR) is 87.7 cm³/mol. The number of benzene rings is 1. The molecule has 0 bridgehead atoms. The Balaban J connectivity index is 3.36. The Bertz CT molecular complexity index is 701. The van der Waals surface area contributed by atoms with Crippen LogP contribution in [0.25, 0.3) is 0 Å². The molecule has 1 aromatic rings. The van der Waals surface area contributed by atoms with Gasteiger partial charge in [0.15, 0.2) is 0 Å². The van der Waals surface area contributed by atoms with Gasteiger partial charge in [-0.15, -0.1) is 0 Å². The number of carbonyl (C=O) groups excluding carboxylic acids is 1. The number of nitrogens with one attached hydrogen (secondary N) is 1. The molecular weight excluding hydrogens is 352 g/mol. The molecule has 0 unspecified atom stereocenters. The Morgan fingerprint density at radius 3 is 2.20 bits per heavy atom. The van der Waals surface area contributed by atoms with Crippen LogP contribution in [-0.2, 0) is 19.6 Å². The number of nitrogens with zero attached hydrogens (tertiary/aromatic N) is 1. The molecule has 0 aliphatic rings. The third kappa shape index (κ3) is 5.15. The van der Waals surface area contributed by atoms with E-state index in [1.165, 1.54) is 36.9 Å². The molecule has 0 heterocycles. The number of hydrogen-bond donors (Lipinski definition) is 3. The summed E-state index contributed by atoms with van der Waals surface area (Å²) in [6, 6.07) is 4.22. The van der Waals surface area contributed by atoms with Gasteiger partial charge in [-0.1, -0.05) is 13.8 Å². The Labute approximate surface area is 146 Å². The smallest absolute Gasteiger partial charge is 0.304 e. The van der Waals surface area contributed by atoms with Gasteiger partial charge in [-0.25, -0.2) is 13.9 Å². The Kier molecular flexibility index (Phi) is 7.34. The van der Waals surface area contributed by atoms with Crippen LogP contribution in [0.1, 0.15) is 20.3 Å². The second-order valence-corrected chi connectivity index (χ2v) is 7.49. The third-order valence-electron chi connectivity index (χ3n) is 3.53. The van der Waals surface area contributed by atoms with E-state index in [9.17, 15) is 18.0 Å². The fourth-order valence-corrected chi connectivity index (χ4v) is 4.05. The third-order valence-corrected chi connectivity index (χ3v) is 5.43. The van der Waals surface area contributed by atoms with Crippen molar-refractivity contribution in [3.05, 3.63) is 24.3 Å². The lowest BCUT2D eigenvalue weighted by atomic mass is 10.0. The van der Waals surface area contributed by atoms with Gasteiger partial charge in [0, 0.05) is 6.54 Å². The highest BCUT2D eigenvalue weighted by Gasteiger charge is 2.38. The summed E-state index contributed by atoms with van der Waals surface area (Å²) < 4.78 is 31.7. The van der Waals surface area contributed by atoms with Gasteiger partial charge in [-0.05, 0) is 30.2 Å². The minimum Gasteiger partial charge on any atom is -0.497 e. The number of hydrogen-bond acceptors (Lipinski definition) is 6. The lowest BCUT2D eigenvalue weighted by Gasteiger charge is -2.31. The molecule has 10 heteroatoms. The van der Waals surface area contributed by atoms with E-state index in [1.807, 2.05) is 0 Å². The first-order chi connectivity index (χ1) is 11.6. The molecule has 3 N–H and O–H groups in total. The topological polar surface area (TPSA) is 133 Å². The fourth-order valence-electron chi connectivity index (χ4n) is 2.33. The minimum absolute atomic E-state index is 0.116. The van der Waals surface area contributed by atoms with Crippen molar-refractivity contribution >= 4 is 21.9 Å². The van der Waals surface area contributed by atoms with Gasteiger partial charge >= 0.3 is 5.97 Å². The van der Waals surface area contributed by atoms with E-state index in [0.717, 1.165) is 4.31 Å². The predicted octanol–water partition coefficient (Wildman–Crippen LogP) is 0.691. The average Bonchev–Trinajstić information content (AvgIpc) is 2.57. The number of carboxylic acids is 1. The molecule has 0 aliphatic heterocycles. The molecule has 0 saturated carbocycles. The number of carbonyl (C=O) groups is 2. The molecule has 25 heavy (non-hydrogen) atoms. The molecule has 9 nitrogen and oxygen atoms in total. The van der Waals surface area contributed by atoms with Crippen molar-refractivity contribution in [3.63, 3.8) is 0 Å². The second-order valence-electron chi connectivity index (χ2n) is 5.60. The summed E-state index contributed by atoms with van der Waals surface area (Å²) in [7, 11) is -2.74. The molecule has 140 valence electrons. The van der Waals surface area contributed by atoms with E-state index < -0.39 is 46.8 Å². The van der Waals surface area contributed by atoms with Gasteiger partial charge in [0.1, 0.15) is 11.8 Å². The number of methoxy groups -OCH3 is 1. The molecule has 0 radical (unpaired) electrons. The van der Waals surface area contributed by atoms with Crippen molar-refractivity contribution in [2.24, 2.45) is 5.92 Å². The number of sulfonamides is 1. The molecule has 1 atom stereocenters. The van der Waals surface area contributed by atoms with E-state index in [-0.39, 0.29) is 4.90 Å². The number of rotatable bonds is 9. The largest absolute Gasteiger partial charge is 0.497 e. The molecule has 1 amide bonds. The normalized spacial score (nSPS) is 12.9. The van der Waals surface area contributed by atoms with E-state index >= 15 is 0 Å². The van der Waals surface area contributed by atoms with Gasteiger partial charge in [0.25, 0.3) is 5.91 Å². The highest BCUT2D eigenvalue weighted by atomic mass is 32.2. The molecule has 1 rings (SSSR count). The number of amides is 1. The summed E-state index contributed by atoms with van der Waals surface area (Å²) in [5.74, 6) is -2.20.